The van der Waals surface area contributed by atoms with E-state index in [0.29, 0.717) is 15.7 Å². The highest BCUT2D eigenvalue weighted by Crippen LogP contribution is 2.41. The van der Waals surface area contributed by atoms with Gasteiger partial charge in [0, 0.05) is 20.0 Å². The van der Waals surface area contributed by atoms with Gasteiger partial charge in [0.2, 0.25) is 0 Å². The molecule has 1 aromatic rings. The summed E-state index contributed by atoms with van der Waals surface area (Å²) in [5.74, 6) is -0.477. The van der Waals surface area contributed by atoms with E-state index in [4.69, 9.17) is 9.47 Å². The fraction of sp³-hybridized carbons (Fsp3) is 0.727. The number of esters is 1. The lowest BCUT2D eigenvalue weighted by Crippen LogP contribution is -2.42. The molecule has 6 nitrogen and oxygen atoms in total. The minimum atomic E-state index is -0.986. The Morgan fingerprint density at radius 1 is 1.28 bits per heavy atom. The molecular formula is C22H35BrN2O4. The smallest absolute Gasteiger partial charge is 0.340 e. The largest absolute Gasteiger partial charge is 0.618 e. The second kappa shape index (κ2) is 8.80. The number of carbonyl (C=O) groups excluding carboxylic acids is 1. The van der Waals surface area contributed by atoms with Gasteiger partial charge in [-0.15, -0.1) is 0 Å². The van der Waals surface area contributed by atoms with E-state index in [9.17, 15) is 10.0 Å². The van der Waals surface area contributed by atoms with Crippen molar-refractivity contribution in [2.45, 2.75) is 86.0 Å². The zero-order valence-electron chi connectivity index (χ0n) is 19.0. The summed E-state index contributed by atoms with van der Waals surface area (Å²) in [6, 6.07) is 0. The highest BCUT2D eigenvalue weighted by molar-refractivity contribution is 9.10. The van der Waals surface area contributed by atoms with Crippen molar-refractivity contribution in [1.29, 1.82) is 0 Å². The van der Waals surface area contributed by atoms with Crippen molar-refractivity contribution in [1.82, 2.24) is 0 Å². The van der Waals surface area contributed by atoms with Gasteiger partial charge in [-0.3, -0.25) is 0 Å². The third-order valence-corrected chi connectivity index (χ3v) is 5.75. The van der Waals surface area contributed by atoms with Gasteiger partial charge >= 0.3 is 5.97 Å². The second-order valence-electron chi connectivity index (χ2n) is 9.90. The van der Waals surface area contributed by atoms with Crippen LogP contribution < -0.4 is 9.63 Å². The number of halogens is 1. The molecule has 2 heterocycles. The third kappa shape index (κ3) is 6.07. The average Bonchev–Trinajstić information content (AvgIpc) is 2.55. The maximum atomic E-state index is 13.1. The summed E-state index contributed by atoms with van der Waals surface area (Å²) in [5, 5.41) is 12.6. The highest BCUT2D eigenvalue weighted by atomic mass is 79.9. The standard InChI is InChI=1S/C22H35BrN2O4/c1-14(2)28-20(26)19(29-21(4,5)6)17-15(3)25(27)13-16(23)18(17)24-11-9-22(7,8)10-12-24/h13-14,19H,9-12H2,1-8H3. The van der Waals surface area contributed by atoms with E-state index in [0.717, 1.165) is 36.3 Å². The summed E-state index contributed by atoms with van der Waals surface area (Å²) in [5.41, 5.74) is 1.56. The molecule has 1 atom stereocenters. The van der Waals surface area contributed by atoms with E-state index in [-0.39, 0.29) is 11.5 Å². The normalized spacial score (nSPS) is 18.1. The van der Waals surface area contributed by atoms with Gasteiger partial charge in [-0.05, 0) is 68.8 Å². The van der Waals surface area contributed by atoms with Crippen LogP contribution in [-0.4, -0.2) is 30.8 Å². The molecule has 0 radical (unpaired) electrons. The molecule has 1 aromatic heterocycles. The van der Waals surface area contributed by atoms with E-state index < -0.39 is 17.7 Å². The molecule has 1 aliphatic heterocycles. The monoisotopic (exact) mass is 470 g/mol. The number of pyridine rings is 1. The topological polar surface area (TPSA) is 65.7 Å². The Labute approximate surface area is 183 Å². The first-order chi connectivity index (χ1) is 13.2. The lowest BCUT2D eigenvalue weighted by molar-refractivity contribution is -0.613. The molecule has 0 amide bonds. The minimum absolute atomic E-state index is 0.278. The van der Waals surface area contributed by atoms with Crippen LogP contribution in [0.2, 0.25) is 0 Å². The first-order valence-corrected chi connectivity index (χ1v) is 11.1. The Balaban J connectivity index is 2.61. The molecule has 164 valence electrons. The fourth-order valence-electron chi connectivity index (χ4n) is 3.52. The number of anilines is 1. The van der Waals surface area contributed by atoms with Crippen LogP contribution in [0.3, 0.4) is 0 Å². The Morgan fingerprint density at radius 3 is 2.31 bits per heavy atom. The van der Waals surface area contributed by atoms with Crippen LogP contribution in [0, 0.1) is 17.5 Å². The first-order valence-electron chi connectivity index (χ1n) is 10.3. The molecule has 1 unspecified atom stereocenters. The molecule has 1 fully saturated rings. The van der Waals surface area contributed by atoms with Crippen LogP contribution in [0.1, 0.15) is 78.7 Å². The Bertz CT molecular complexity index is 746. The summed E-state index contributed by atoms with van der Waals surface area (Å²) in [4.78, 5) is 15.3. The molecule has 1 saturated heterocycles. The molecule has 0 spiro atoms. The molecular weight excluding hydrogens is 436 g/mol. The highest BCUT2D eigenvalue weighted by Gasteiger charge is 2.38. The zero-order valence-corrected chi connectivity index (χ0v) is 20.6. The predicted octanol–water partition coefficient (Wildman–Crippen LogP) is 4.83. The van der Waals surface area contributed by atoms with Crippen LogP contribution >= 0.6 is 15.9 Å². The van der Waals surface area contributed by atoms with Gasteiger partial charge in [0.1, 0.15) is 4.47 Å². The van der Waals surface area contributed by atoms with E-state index in [1.54, 1.807) is 20.8 Å². The molecule has 0 aromatic carbocycles. The van der Waals surface area contributed by atoms with Gasteiger partial charge in [0.25, 0.3) is 0 Å². The van der Waals surface area contributed by atoms with Crippen molar-refractivity contribution >= 4 is 27.6 Å². The molecule has 29 heavy (non-hydrogen) atoms. The van der Waals surface area contributed by atoms with Gasteiger partial charge in [-0.2, -0.15) is 4.73 Å². The summed E-state index contributed by atoms with van der Waals surface area (Å²) in [7, 11) is 0. The Kier molecular flexibility index (Phi) is 7.26. The van der Waals surface area contributed by atoms with E-state index in [1.807, 2.05) is 20.8 Å². The number of hydrogen-bond donors (Lipinski definition) is 0. The van der Waals surface area contributed by atoms with Crippen LogP contribution in [0.15, 0.2) is 10.7 Å². The summed E-state index contributed by atoms with van der Waals surface area (Å²) < 4.78 is 13.1. The van der Waals surface area contributed by atoms with Crippen LogP contribution in [0.25, 0.3) is 0 Å². The Morgan fingerprint density at radius 2 is 1.83 bits per heavy atom. The maximum absolute atomic E-state index is 13.1. The molecule has 0 saturated carbocycles. The first kappa shape index (κ1) is 23.9. The number of aromatic nitrogens is 1. The van der Waals surface area contributed by atoms with Crippen LogP contribution in [-0.2, 0) is 14.3 Å². The quantitative estimate of drug-likeness (QED) is 0.350. The summed E-state index contributed by atoms with van der Waals surface area (Å²) >= 11 is 3.57. The van der Waals surface area contributed by atoms with E-state index in [2.05, 4.69) is 34.7 Å². The molecule has 0 N–H and O–H groups in total. The van der Waals surface area contributed by atoms with E-state index >= 15 is 0 Å². The van der Waals surface area contributed by atoms with Crippen molar-refractivity contribution in [2.75, 3.05) is 18.0 Å². The lowest BCUT2D eigenvalue weighted by atomic mass is 9.82. The number of hydrogen-bond acceptors (Lipinski definition) is 5. The van der Waals surface area contributed by atoms with Crippen molar-refractivity contribution in [3.05, 3.63) is 27.1 Å². The number of ether oxygens (including phenoxy) is 2. The fourth-order valence-corrected chi connectivity index (χ4v) is 4.17. The van der Waals surface area contributed by atoms with Crippen molar-refractivity contribution in [3.63, 3.8) is 0 Å². The molecule has 0 aliphatic carbocycles. The number of nitrogens with zero attached hydrogens (tertiary/aromatic N) is 2. The van der Waals surface area contributed by atoms with Crippen molar-refractivity contribution in [3.8, 4) is 0 Å². The predicted molar refractivity (Wildman–Crippen MR) is 118 cm³/mol. The minimum Gasteiger partial charge on any atom is -0.618 e. The van der Waals surface area contributed by atoms with Crippen molar-refractivity contribution in [2.24, 2.45) is 5.41 Å². The third-order valence-electron chi connectivity index (χ3n) is 5.17. The number of carbonyl (C=O) groups is 1. The zero-order chi connectivity index (χ0) is 22.1. The van der Waals surface area contributed by atoms with Gasteiger partial charge in [0.15, 0.2) is 18.0 Å². The average molecular weight is 471 g/mol. The number of piperidine rings is 1. The SMILES string of the molecule is Cc1c(C(OC(C)(C)C)C(=O)OC(C)C)c(N2CCC(C)(C)CC2)c(Br)c[n+]1[O-]. The number of rotatable bonds is 5. The maximum Gasteiger partial charge on any atom is 0.340 e. The van der Waals surface area contributed by atoms with Crippen LogP contribution in [0.4, 0.5) is 5.69 Å². The van der Waals surface area contributed by atoms with Crippen LogP contribution in [0.5, 0.6) is 0 Å². The lowest BCUT2D eigenvalue weighted by Gasteiger charge is -2.40. The molecule has 0 bridgehead atoms. The van der Waals surface area contributed by atoms with Crippen molar-refractivity contribution < 1.29 is 19.0 Å². The van der Waals surface area contributed by atoms with Gasteiger partial charge in [-0.1, -0.05) is 13.8 Å². The summed E-state index contributed by atoms with van der Waals surface area (Å²) in [6.45, 7) is 17.3. The Hall–Kier alpha value is -1.34. The second-order valence-corrected chi connectivity index (χ2v) is 10.8. The van der Waals surface area contributed by atoms with E-state index in [1.165, 1.54) is 6.20 Å². The molecule has 7 heteroatoms. The molecule has 2 rings (SSSR count). The van der Waals surface area contributed by atoms with Gasteiger partial charge in [0.05, 0.1) is 23.0 Å². The summed E-state index contributed by atoms with van der Waals surface area (Å²) in [6.07, 6.45) is 2.31. The van der Waals surface area contributed by atoms with Gasteiger partial charge < -0.3 is 19.6 Å². The molecule has 1 aliphatic rings. The van der Waals surface area contributed by atoms with Gasteiger partial charge in [-0.25, -0.2) is 4.79 Å².